The van der Waals surface area contributed by atoms with Crippen molar-refractivity contribution in [3.05, 3.63) is 0 Å². The number of likely N-dealkylation sites (N-methyl/N-ethyl adjacent to an activating group) is 1. The van der Waals surface area contributed by atoms with Crippen molar-refractivity contribution >= 4 is 18.0 Å². The lowest BCUT2D eigenvalue weighted by Gasteiger charge is -2.21. The molecule has 1 atom stereocenters. The number of hydrogen-bond acceptors (Lipinski definition) is 4. The zero-order valence-electron chi connectivity index (χ0n) is 11.1. The summed E-state index contributed by atoms with van der Waals surface area (Å²) in [5.74, 6) is -2.17. The number of amides is 2. The number of carbonyl (C=O) groups is 3. The summed E-state index contributed by atoms with van der Waals surface area (Å²) in [5.41, 5.74) is 0. The highest BCUT2D eigenvalue weighted by molar-refractivity contribution is 5.82. The predicted molar refractivity (Wildman–Crippen MR) is 65.9 cm³/mol. The van der Waals surface area contributed by atoms with E-state index in [4.69, 9.17) is 14.9 Å². The highest BCUT2D eigenvalue weighted by atomic mass is 16.5. The lowest BCUT2D eigenvalue weighted by molar-refractivity contribution is -0.140. The van der Waals surface area contributed by atoms with Crippen LogP contribution < -0.4 is 5.32 Å². The van der Waals surface area contributed by atoms with Crippen LogP contribution in [-0.2, 0) is 14.3 Å². The standard InChI is InChI=1S/C11H20N2O6/c1-13(6-7-19-2)11(18)12-8(10(16)17)4-3-5-9(14)15/h8H,3-7H2,1-2H3,(H,12,18)(H,14,15)(H,16,17)/t8-/m1/s1. The Morgan fingerprint density at radius 2 is 1.95 bits per heavy atom. The van der Waals surface area contributed by atoms with Crippen LogP contribution in [0.4, 0.5) is 4.79 Å². The van der Waals surface area contributed by atoms with Gasteiger partial charge < -0.3 is 25.2 Å². The lowest BCUT2D eigenvalue weighted by Crippen LogP contribution is -2.47. The number of carboxylic acid groups (broad SMARTS) is 2. The maximum atomic E-state index is 11.6. The van der Waals surface area contributed by atoms with E-state index in [0.29, 0.717) is 13.2 Å². The highest BCUT2D eigenvalue weighted by Gasteiger charge is 2.21. The van der Waals surface area contributed by atoms with Gasteiger partial charge in [-0.1, -0.05) is 0 Å². The fourth-order valence-electron chi connectivity index (χ4n) is 1.30. The van der Waals surface area contributed by atoms with Crippen molar-refractivity contribution in [3.63, 3.8) is 0 Å². The molecule has 0 aromatic rings. The maximum absolute atomic E-state index is 11.6. The summed E-state index contributed by atoms with van der Waals surface area (Å²) in [7, 11) is 3.02. The van der Waals surface area contributed by atoms with E-state index in [0.717, 1.165) is 0 Å². The number of ether oxygens (including phenoxy) is 1. The van der Waals surface area contributed by atoms with Gasteiger partial charge in [-0.25, -0.2) is 9.59 Å². The first-order valence-corrected chi connectivity index (χ1v) is 5.83. The molecule has 2 amide bonds. The summed E-state index contributed by atoms with van der Waals surface area (Å²) in [6, 6.07) is -1.61. The number of urea groups is 1. The van der Waals surface area contributed by atoms with E-state index in [2.05, 4.69) is 5.32 Å². The minimum Gasteiger partial charge on any atom is -0.481 e. The number of nitrogens with zero attached hydrogens (tertiary/aromatic N) is 1. The average molecular weight is 276 g/mol. The van der Waals surface area contributed by atoms with Crippen LogP contribution in [0, 0.1) is 0 Å². The molecule has 0 heterocycles. The molecular weight excluding hydrogens is 256 g/mol. The molecule has 0 aliphatic rings. The number of carbonyl (C=O) groups excluding carboxylic acids is 1. The first kappa shape index (κ1) is 17.2. The highest BCUT2D eigenvalue weighted by Crippen LogP contribution is 2.02. The van der Waals surface area contributed by atoms with Gasteiger partial charge in [0.2, 0.25) is 0 Å². The molecule has 19 heavy (non-hydrogen) atoms. The fraction of sp³-hybridized carbons (Fsp3) is 0.727. The van der Waals surface area contributed by atoms with Crippen LogP contribution in [0.3, 0.4) is 0 Å². The lowest BCUT2D eigenvalue weighted by atomic mass is 10.1. The van der Waals surface area contributed by atoms with Crippen molar-refractivity contribution in [1.29, 1.82) is 0 Å². The van der Waals surface area contributed by atoms with Gasteiger partial charge in [0.05, 0.1) is 6.61 Å². The molecule has 3 N–H and O–H groups in total. The Balaban J connectivity index is 4.21. The molecular formula is C11H20N2O6. The van der Waals surface area contributed by atoms with Crippen molar-refractivity contribution in [2.24, 2.45) is 0 Å². The normalized spacial score (nSPS) is 11.7. The molecule has 110 valence electrons. The quantitative estimate of drug-likeness (QED) is 0.545. The van der Waals surface area contributed by atoms with E-state index in [-0.39, 0.29) is 19.3 Å². The summed E-state index contributed by atoms with van der Waals surface area (Å²) in [4.78, 5) is 34.2. The molecule has 0 spiro atoms. The Bertz CT molecular complexity index is 320. The largest absolute Gasteiger partial charge is 0.481 e. The molecule has 8 heteroatoms. The Labute approximate surface area is 111 Å². The zero-order chi connectivity index (χ0) is 14.8. The van der Waals surface area contributed by atoms with Gasteiger partial charge in [0.25, 0.3) is 0 Å². The molecule has 0 bridgehead atoms. The number of methoxy groups -OCH3 is 1. The number of aliphatic carboxylic acids is 2. The molecule has 0 radical (unpaired) electrons. The van der Waals surface area contributed by atoms with Crippen LogP contribution in [0.1, 0.15) is 19.3 Å². The van der Waals surface area contributed by atoms with Crippen LogP contribution in [0.15, 0.2) is 0 Å². The van der Waals surface area contributed by atoms with Gasteiger partial charge >= 0.3 is 18.0 Å². The maximum Gasteiger partial charge on any atom is 0.326 e. The SMILES string of the molecule is COCCN(C)C(=O)N[C@H](CCCC(=O)O)C(=O)O. The minimum absolute atomic E-state index is 0.0749. The first-order valence-electron chi connectivity index (χ1n) is 5.83. The summed E-state index contributed by atoms with van der Waals surface area (Å²) in [6.07, 6.45) is 0.138. The van der Waals surface area contributed by atoms with E-state index in [1.807, 2.05) is 0 Å². The van der Waals surface area contributed by atoms with Crippen molar-refractivity contribution in [2.75, 3.05) is 27.3 Å². The minimum atomic E-state index is -1.18. The van der Waals surface area contributed by atoms with Crippen LogP contribution >= 0.6 is 0 Å². The summed E-state index contributed by atoms with van der Waals surface area (Å²) >= 11 is 0. The molecule has 0 unspecified atom stereocenters. The second kappa shape index (κ2) is 9.15. The second-order valence-electron chi connectivity index (χ2n) is 4.04. The molecule has 0 aliphatic heterocycles. The van der Waals surface area contributed by atoms with E-state index in [9.17, 15) is 14.4 Å². The summed E-state index contributed by atoms with van der Waals surface area (Å²) < 4.78 is 4.80. The number of carboxylic acids is 2. The molecule has 0 saturated carbocycles. The molecule has 0 aliphatic carbocycles. The number of rotatable bonds is 9. The molecule has 0 fully saturated rings. The first-order chi connectivity index (χ1) is 8.88. The van der Waals surface area contributed by atoms with Crippen LogP contribution in [0.5, 0.6) is 0 Å². The topological polar surface area (TPSA) is 116 Å². The Hall–Kier alpha value is -1.83. The third kappa shape index (κ3) is 7.98. The molecule has 8 nitrogen and oxygen atoms in total. The van der Waals surface area contributed by atoms with Gasteiger partial charge in [0.15, 0.2) is 0 Å². The number of hydrogen-bond donors (Lipinski definition) is 3. The van der Waals surface area contributed by atoms with Gasteiger partial charge in [-0.05, 0) is 12.8 Å². The van der Waals surface area contributed by atoms with Crippen LogP contribution in [-0.4, -0.2) is 66.4 Å². The zero-order valence-corrected chi connectivity index (χ0v) is 11.1. The average Bonchev–Trinajstić information content (AvgIpc) is 2.33. The monoisotopic (exact) mass is 276 g/mol. The predicted octanol–water partition coefficient (Wildman–Crippen LogP) is -0.0177. The molecule has 0 aromatic heterocycles. The van der Waals surface area contributed by atoms with Gasteiger partial charge in [0.1, 0.15) is 6.04 Å². The van der Waals surface area contributed by atoms with Gasteiger partial charge in [0, 0.05) is 27.1 Å². The van der Waals surface area contributed by atoms with Gasteiger partial charge in [-0.3, -0.25) is 4.79 Å². The molecule has 0 rings (SSSR count). The van der Waals surface area contributed by atoms with Gasteiger partial charge in [-0.2, -0.15) is 0 Å². The Morgan fingerprint density at radius 1 is 1.32 bits per heavy atom. The fourth-order valence-corrected chi connectivity index (χ4v) is 1.30. The van der Waals surface area contributed by atoms with Crippen molar-refractivity contribution in [1.82, 2.24) is 10.2 Å². The Kier molecular flexibility index (Phi) is 8.27. The van der Waals surface area contributed by atoms with E-state index in [1.165, 1.54) is 19.1 Å². The molecule has 0 saturated heterocycles. The second-order valence-corrected chi connectivity index (χ2v) is 4.04. The molecule has 0 aromatic carbocycles. The van der Waals surface area contributed by atoms with E-state index >= 15 is 0 Å². The van der Waals surface area contributed by atoms with Crippen molar-refractivity contribution in [2.45, 2.75) is 25.3 Å². The Morgan fingerprint density at radius 3 is 2.42 bits per heavy atom. The summed E-state index contributed by atoms with van der Waals surface area (Å²) in [5, 5.41) is 19.8. The third-order valence-electron chi connectivity index (χ3n) is 2.46. The van der Waals surface area contributed by atoms with Crippen LogP contribution in [0.25, 0.3) is 0 Å². The van der Waals surface area contributed by atoms with Crippen molar-refractivity contribution < 1.29 is 29.3 Å². The third-order valence-corrected chi connectivity index (χ3v) is 2.46. The van der Waals surface area contributed by atoms with E-state index in [1.54, 1.807) is 0 Å². The van der Waals surface area contributed by atoms with E-state index < -0.39 is 24.0 Å². The number of nitrogens with one attached hydrogen (secondary N) is 1. The van der Waals surface area contributed by atoms with Gasteiger partial charge in [-0.15, -0.1) is 0 Å². The smallest absolute Gasteiger partial charge is 0.326 e. The summed E-state index contributed by atoms with van der Waals surface area (Å²) in [6.45, 7) is 0.685. The van der Waals surface area contributed by atoms with Crippen LogP contribution in [0.2, 0.25) is 0 Å². The van der Waals surface area contributed by atoms with Crippen molar-refractivity contribution in [3.8, 4) is 0 Å².